The third kappa shape index (κ3) is 20.9. The second-order valence-corrected chi connectivity index (χ2v) is 14.6. The number of carbonyl (C=O) groups excluding carboxylic acids is 1. The van der Waals surface area contributed by atoms with E-state index in [9.17, 15) is 4.79 Å². The van der Waals surface area contributed by atoms with E-state index in [1.165, 1.54) is 102 Å². The normalized spacial score (nSPS) is 11.7. The Balaban J connectivity index is 2.43. The number of carbonyl (C=O) groups is 1. The van der Waals surface area contributed by atoms with Gasteiger partial charge >= 0.3 is 8.80 Å². The summed E-state index contributed by atoms with van der Waals surface area (Å²) in [5, 5.41) is 0.0484. The van der Waals surface area contributed by atoms with Gasteiger partial charge < -0.3 is 18.0 Å². The molecule has 0 aliphatic rings. The van der Waals surface area contributed by atoms with E-state index in [0.717, 1.165) is 36.8 Å². The highest BCUT2D eigenvalue weighted by atomic mass is 32.2. The van der Waals surface area contributed by atoms with Crippen molar-refractivity contribution >= 4 is 25.7 Å². The summed E-state index contributed by atoms with van der Waals surface area (Å²) in [5.41, 5.74) is 0. The topological polar surface area (TPSA) is 54.0 Å². The number of thioether (sulfide) groups is 1. The fourth-order valence-corrected chi connectivity index (χ4v) is 8.22. The molecular weight excluding hydrogens is 537 g/mol. The first-order valence-electron chi connectivity index (χ1n) is 16.4. The van der Waals surface area contributed by atoms with E-state index in [1.807, 2.05) is 37.3 Å². The van der Waals surface area contributed by atoms with E-state index in [0.29, 0.717) is 19.8 Å². The maximum absolute atomic E-state index is 12.3. The molecule has 0 atom stereocenters. The number of unbranched alkanes of at least 4 members (excludes halogenated alkanes) is 14. The molecule has 1 aromatic rings. The van der Waals surface area contributed by atoms with Gasteiger partial charge in [0.05, 0.1) is 0 Å². The molecule has 0 aliphatic carbocycles. The van der Waals surface area contributed by atoms with Gasteiger partial charge in [-0.2, -0.15) is 0 Å². The van der Waals surface area contributed by atoms with Crippen LogP contribution < -0.4 is 4.74 Å². The van der Waals surface area contributed by atoms with Gasteiger partial charge in [0.25, 0.3) is 0 Å². The van der Waals surface area contributed by atoms with Gasteiger partial charge in [0.1, 0.15) is 5.75 Å². The van der Waals surface area contributed by atoms with Crippen molar-refractivity contribution in [3.05, 3.63) is 30.3 Å². The summed E-state index contributed by atoms with van der Waals surface area (Å²) in [6.45, 7) is 8.65. The summed E-state index contributed by atoms with van der Waals surface area (Å²) in [6.07, 6.45) is 21.3. The third-order valence-corrected chi connectivity index (χ3v) is 10.9. The molecule has 7 heteroatoms. The third-order valence-electron chi connectivity index (χ3n) is 6.99. The van der Waals surface area contributed by atoms with Gasteiger partial charge in [-0.1, -0.05) is 134 Å². The lowest BCUT2D eigenvalue weighted by atomic mass is 10.1. The van der Waals surface area contributed by atoms with Gasteiger partial charge in [-0.3, -0.25) is 4.79 Å². The molecule has 1 rings (SSSR count). The Morgan fingerprint density at radius 1 is 0.650 bits per heavy atom. The minimum absolute atomic E-state index is 0.0484. The second-order valence-electron chi connectivity index (χ2n) is 10.7. The van der Waals surface area contributed by atoms with Crippen molar-refractivity contribution in [3.63, 3.8) is 0 Å². The molecule has 1 aromatic carbocycles. The van der Waals surface area contributed by atoms with E-state index in [2.05, 4.69) is 13.8 Å². The molecule has 5 nitrogen and oxygen atoms in total. The summed E-state index contributed by atoms with van der Waals surface area (Å²) >= 11 is 1.33. The Kier molecular flexibility index (Phi) is 25.1. The van der Waals surface area contributed by atoms with Crippen molar-refractivity contribution in [2.75, 3.05) is 32.2 Å². The molecule has 0 amide bonds. The maximum Gasteiger partial charge on any atom is 0.500 e. The number of benzene rings is 1. The first kappa shape index (κ1) is 37.2. The zero-order chi connectivity index (χ0) is 29.0. The van der Waals surface area contributed by atoms with Crippen LogP contribution in [0.25, 0.3) is 0 Å². The van der Waals surface area contributed by atoms with E-state index in [-0.39, 0.29) is 11.7 Å². The SMILES string of the molecule is CCCCCCCCCCO[Si](CCCSC(=O)COc1ccccc1)(OCC)OCCCCCCCCCC. The van der Waals surface area contributed by atoms with E-state index < -0.39 is 8.80 Å². The minimum atomic E-state index is -2.77. The van der Waals surface area contributed by atoms with Crippen LogP contribution >= 0.6 is 11.8 Å². The number of hydrogen-bond acceptors (Lipinski definition) is 6. The molecular formula is C33H60O5SSi. The molecule has 0 fully saturated rings. The first-order chi connectivity index (χ1) is 19.7. The molecule has 232 valence electrons. The Labute approximate surface area is 252 Å². The van der Waals surface area contributed by atoms with Crippen molar-refractivity contribution < 1.29 is 22.8 Å². The highest BCUT2D eigenvalue weighted by Crippen LogP contribution is 2.22. The maximum atomic E-state index is 12.3. The van der Waals surface area contributed by atoms with Crippen LogP contribution in [0.2, 0.25) is 6.04 Å². The fraction of sp³-hybridized carbons (Fsp3) is 0.788. The highest BCUT2D eigenvalue weighted by Gasteiger charge is 2.40. The second kappa shape index (κ2) is 27.0. The Hall–Kier alpha value is -0.863. The molecule has 40 heavy (non-hydrogen) atoms. The molecule has 0 aliphatic heterocycles. The van der Waals surface area contributed by atoms with Gasteiger partial charge in [0.2, 0.25) is 5.12 Å². The van der Waals surface area contributed by atoms with Crippen molar-refractivity contribution in [1.29, 1.82) is 0 Å². The largest absolute Gasteiger partial charge is 0.500 e. The Morgan fingerprint density at radius 3 is 1.65 bits per heavy atom. The summed E-state index contributed by atoms with van der Waals surface area (Å²) < 4.78 is 24.8. The number of hydrogen-bond donors (Lipinski definition) is 0. The summed E-state index contributed by atoms with van der Waals surface area (Å²) in [7, 11) is -2.77. The zero-order valence-corrected chi connectivity index (χ0v) is 27.9. The van der Waals surface area contributed by atoms with Crippen molar-refractivity contribution in [3.8, 4) is 5.75 Å². The van der Waals surface area contributed by atoms with Gasteiger partial charge in [-0.05, 0) is 38.3 Å². The lowest BCUT2D eigenvalue weighted by molar-refractivity contribution is -0.112. The van der Waals surface area contributed by atoms with Crippen LogP contribution in [-0.2, 0) is 18.1 Å². The van der Waals surface area contributed by atoms with E-state index >= 15 is 0 Å². The van der Waals surface area contributed by atoms with Crippen molar-refractivity contribution in [1.82, 2.24) is 0 Å². The first-order valence-corrected chi connectivity index (χ1v) is 19.3. The molecule has 0 unspecified atom stereocenters. The molecule has 0 bridgehead atoms. The number of rotatable bonds is 29. The standard InChI is InChI=1S/C33H60O5SSi/c1-4-7-9-11-13-15-17-22-27-37-40(36-6-3,38-28-23-18-16-14-12-10-8-5-2)30-24-29-39-33(34)31-35-32-25-20-19-21-26-32/h19-21,25-26H,4-18,22-24,27-31H2,1-3H3. The summed E-state index contributed by atoms with van der Waals surface area (Å²) in [5.74, 6) is 1.45. The Morgan fingerprint density at radius 2 is 1.15 bits per heavy atom. The molecule has 0 radical (unpaired) electrons. The monoisotopic (exact) mass is 596 g/mol. The molecule has 0 saturated carbocycles. The lowest BCUT2D eigenvalue weighted by Crippen LogP contribution is -2.46. The fourth-order valence-electron chi connectivity index (χ4n) is 4.66. The molecule has 0 aromatic heterocycles. The van der Waals surface area contributed by atoms with Gasteiger partial charge in [-0.25, -0.2) is 0 Å². The Bertz CT molecular complexity index is 669. The predicted molar refractivity (Wildman–Crippen MR) is 173 cm³/mol. The van der Waals surface area contributed by atoms with Crippen LogP contribution in [0.5, 0.6) is 5.75 Å². The average molecular weight is 597 g/mol. The average Bonchev–Trinajstić information content (AvgIpc) is 2.97. The van der Waals surface area contributed by atoms with Crippen LogP contribution in [0.1, 0.15) is 130 Å². The molecule has 0 spiro atoms. The van der Waals surface area contributed by atoms with Crippen molar-refractivity contribution in [2.45, 2.75) is 136 Å². The van der Waals surface area contributed by atoms with Gasteiger partial charge in [0.15, 0.2) is 6.61 Å². The van der Waals surface area contributed by atoms with Crippen LogP contribution in [0.3, 0.4) is 0 Å². The van der Waals surface area contributed by atoms with Gasteiger partial charge in [0, 0.05) is 31.6 Å². The van der Waals surface area contributed by atoms with Crippen LogP contribution in [0, 0.1) is 0 Å². The van der Waals surface area contributed by atoms with Crippen LogP contribution in [0.4, 0.5) is 0 Å². The van der Waals surface area contributed by atoms with E-state index in [4.69, 9.17) is 18.0 Å². The zero-order valence-electron chi connectivity index (χ0n) is 26.1. The van der Waals surface area contributed by atoms with Crippen LogP contribution in [-0.4, -0.2) is 46.1 Å². The van der Waals surface area contributed by atoms with Crippen LogP contribution in [0.15, 0.2) is 30.3 Å². The quantitative estimate of drug-likeness (QED) is 0.0677. The molecule has 0 heterocycles. The van der Waals surface area contributed by atoms with Crippen molar-refractivity contribution in [2.24, 2.45) is 0 Å². The summed E-state index contributed by atoms with van der Waals surface area (Å²) in [4.78, 5) is 12.3. The smallest absolute Gasteiger partial charge is 0.485 e. The highest BCUT2D eigenvalue weighted by molar-refractivity contribution is 8.13. The predicted octanol–water partition coefficient (Wildman–Crippen LogP) is 10.0. The summed E-state index contributed by atoms with van der Waals surface area (Å²) in [6, 6.07) is 10.2. The number of para-hydroxylation sites is 1. The lowest BCUT2D eigenvalue weighted by Gasteiger charge is -2.29. The minimum Gasteiger partial charge on any atom is -0.485 e. The molecule has 0 N–H and O–H groups in total. The van der Waals surface area contributed by atoms with Gasteiger partial charge in [-0.15, -0.1) is 0 Å². The number of ether oxygens (including phenoxy) is 1. The molecule has 0 saturated heterocycles. The van der Waals surface area contributed by atoms with E-state index in [1.54, 1.807) is 0 Å².